The quantitative estimate of drug-likeness (QED) is 0.186. The summed E-state index contributed by atoms with van der Waals surface area (Å²) in [5, 5.41) is 15.1. The fourth-order valence-corrected chi connectivity index (χ4v) is 4.57. The van der Waals surface area contributed by atoms with Crippen molar-refractivity contribution in [3.63, 3.8) is 0 Å². The van der Waals surface area contributed by atoms with Crippen molar-refractivity contribution in [2.45, 2.75) is 64.9 Å². The summed E-state index contributed by atoms with van der Waals surface area (Å²) < 4.78 is 11.3. The first-order valence-electron chi connectivity index (χ1n) is 13.8. The van der Waals surface area contributed by atoms with E-state index < -0.39 is 5.76 Å². The van der Waals surface area contributed by atoms with Gasteiger partial charge in [0.25, 0.3) is 0 Å². The van der Waals surface area contributed by atoms with Crippen molar-refractivity contribution < 1.29 is 9.15 Å². The number of nitriles is 1. The van der Waals surface area contributed by atoms with Crippen LogP contribution >= 0.6 is 0 Å². The standard InChI is InChI=1S/C34H37N3O3/c1-34(2,3)30-20-15-27(16-21-30)24-39-31-11-7-6-10-28(31)17-12-25(9-5-4-8-22-35)23-26-13-18-29(19-14-26)32-36-37-33(38)40-32/h6-7,10-21,25H,4-5,8-9,23-24H2,1-3H3,(H,37,38)/b17-12+. The van der Waals surface area contributed by atoms with Crippen LogP contribution in [0.4, 0.5) is 0 Å². The Bertz CT molecular complexity index is 1480. The first kappa shape index (κ1) is 28.6. The number of hydrogen-bond acceptors (Lipinski definition) is 5. The number of aromatic nitrogens is 2. The molecule has 4 rings (SSSR count). The number of nitrogens with zero attached hydrogens (tertiary/aromatic N) is 2. The van der Waals surface area contributed by atoms with Crippen molar-refractivity contribution in [3.8, 4) is 23.3 Å². The highest BCUT2D eigenvalue weighted by Crippen LogP contribution is 2.26. The molecule has 1 N–H and O–H groups in total. The summed E-state index contributed by atoms with van der Waals surface area (Å²) in [7, 11) is 0. The van der Waals surface area contributed by atoms with Crippen LogP contribution in [0.2, 0.25) is 0 Å². The first-order chi connectivity index (χ1) is 19.3. The minimum Gasteiger partial charge on any atom is -0.488 e. The number of hydrogen-bond donors (Lipinski definition) is 1. The topological polar surface area (TPSA) is 91.9 Å². The Labute approximate surface area is 236 Å². The van der Waals surface area contributed by atoms with E-state index in [0.29, 0.717) is 18.9 Å². The minimum atomic E-state index is -0.565. The normalized spacial score (nSPS) is 12.3. The second-order valence-corrected chi connectivity index (χ2v) is 11.1. The molecule has 6 heteroatoms. The lowest BCUT2D eigenvalue weighted by Gasteiger charge is -2.19. The Balaban J connectivity index is 1.44. The van der Waals surface area contributed by atoms with Crippen molar-refractivity contribution in [2.75, 3.05) is 0 Å². The molecule has 0 saturated carbocycles. The number of allylic oxidation sites excluding steroid dienone is 1. The summed E-state index contributed by atoms with van der Waals surface area (Å²) in [4.78, 5) is 11.3. The lowest BCUT2D eigenvalue weighted by Crippen LogP contribution is -2.10. The van der Waals surface area contributed by atoms with E-state index in [1.54, 1.807) is 0 Å². The molecule has 1 aromatic heterocycles. The molecule has 1 heterocycles. The van der Waals surface area contributed by atoms with Crippen molar-refractivity contribution in [2.24, 2.45) is 5.92 Å². The number of benzene rings is 3. The predicted octanol–water partition coefficient (Wildman–Crippen LogP) is 7.86. The number of nitrogens with one attached hydrogen (secondary N) is 1. The molecule has 0 spiro atoms. The van der Waals surface area contributed by atoms with Gasteiger partial charge in [0.2, 0.25) is 5.89 Å². The lowest BCUT2D eigenvalue weighted by atomic mass is 9.87. The summed E-state index contributed by atoms with van der Waals surface area (Å²) in [6.45, 7) is 7.16. The molecule has 0 radical (unpaired) electrons. The molecule has 1 unspecified atom stereocenters. The van der Waals surface area contributed by atoms with Gasteiger partial charge in [0, 0.05) is 17.5 Å². The molecule has 0 fully saturated rings. The van der Waals surface area contributed by atoms with Crippen LogP contribution in [0.25, 0.3) is 17.5 Å². The van der Waals surface area contributed by atoms with E-state index >= 15 is 0 Å². The summed E-state index contributed by atoms with van der Waals surface area (Å²) >= 11 is 0. The van der Waals surface area contributed by atoms with Crippen LogP contribution in [0.15, 0.2) is 88.1 Å². The molecule has 0 aliphatic heterocycles. The molecule has 206 valence electrons. The highest BCUT2D eigenvalue weighted by molar-refractivity contribution is 5.57. The predicted molar refractivity (Wildman–Crippen MR) is 159 cm³/mol. The number of ether oxygens (including phenoxy) is 1. The number of H-pyrrole nitrogens is 1. The van der Waals surface area contributed by atoms with E-state index in [0.717, 1.165) is 48.1 Å². The highest BCUT2D eigenvalue weighted by atomic mass is 16.5. The van der Waals surface area contributed by atoms with Crippen LogP contribution < -0.4 is 10.5 Å². The van der Waals surface area contributed by atoms with Gasteiger partial charge in [0.15, 0.2) is 0 Å². The SMILES string of the molecule is CC(C)(C)c1ccc(COc2ccccc2/C=C/C(CCCCC#N)Cc2ccc(-c3n[nH]c(=O)o3)cc2)cc1. The van der Waals surface area contributed by atoms with Gasteiger partial charge in [-0.25, -0.2) is 9.89 Å². The zero-order chi connectivity index (χ0) is 28.4. The smallest absolute Gasteiger partial charge is 0.434 e. The van der Waals surface area contributed by atoms with E-state index in [1.807, 2.05) is 42.5 Å². The van der Waals surface area contributed by atoms with Crippen LogP contribution in [0.5, 0.6) is 5.75 Å². The number of unbranched alkanes of at least 4 members (excludes halogenated alkanes) is 2. The van der Waals surface area contributed by atoms with Gasteiger partial charge in [-0.1, -0.05) is 93.9 Å². The van der Waals surface area contributed by atoms with E-state index in [1.165, 1.54) is 11.1 Å². The van der Waals surface area contributed by atoms with Crippen molar-refractivity contribution >= 4 is 6.08 Å². The summed E-state index contributed by atoms with van der Waals surface area (Å²) in [5.41, 5.74) is 5.55. The van der Waals surface area contributed by atoms with Crippen LogP contribution in [0.1, 0.15) is 68.7 Å². The monoisotopic (exact) mass is 535 g/mol. The third kappa shape index (κ3) is 8.31. The van der Waals surface area contributed by atoms with Crippen molar-refractivity contribution in [1.29, 1.82) is 5.26 Å². The minimum absolute atomic E-state index is 0.126. The summed E-state index contributed by atoms with van der Waals surface area (Å²) in [6.07, 6.45) is 8.71. The maximum atomic E-state index is 11.3. The van der Waals surface area contributed by atoms with Crippen LogP contribution in [-0.2, 0) is 18.4 Å². The largest absolute Gasteiger partial charge is 0.488 e. The molecule has 40 heavy (non-hydrogen) atoms. The molecule has 0 amide bonds. The van der Waals surface area contributed by atoms with Gasteiger partial charge in [-0.05, 0) is 65.5 Å². The van der Waals surface area contributed by atoms with Gasteiger partial charge < -0.3 is 9.15 Å². The molecule has 1 atom stereocenters. The molecular formula is C34H37N3O3. The lowest BCUT2D eigenvalue weighted by molar-refractivity contribution is 0.305. The van der Waals surface area contributed by atoms with Crippen LogP contribution in [-0.4, -0.2) is 10.2 Å². The van der Waals surface area contributed by atoms with Crippen LogP contribution in [0.3, 0.4) is 0 Å². The Kier molecular flexibility index (Phi) is 9.75. The van der Waals surface area contributed by atoms with E-state index in [4.69, 9.17) is 14.4 Å². The average molecular weight is 536 g/mol. The second-order valence-electron chi connectivity index (χ2n) is 11.1. The maximum absolute atomic E-state index is 11.3. The fourth-order valence-electron chi connectivity index (χ4n) is 4.57. The number of aromatic amines is 1. The van der Waals surface area contributed by atoms with E-state index in [-0.39, 0.29) is 11.3 Å². The van der Waals surface area contributed by atoms with Gasteiger partial charge in [0.1, 0.15) is 12.4 Å². The number of para-hydroxylation sites is 1. The highest BCUT2D eigenvalue weighted by Gasteiger charge is 2.13. The summed E-state index contributed by atoms with van der Waals surface area (Å²) in [5.74, 6) is 0.869. The molecule has 6 nitrogen and oxygen atoms in total. The third-order valence-electron chi connectivity index (χ3n) is 6.93. The third-order valence-corrected chi connectivity index (χ3v) is 6.93. The van der Waals surface area contributed by atoms with Crippen molar-refractivity contribution in [1.82, 2.24) is 10.2 Å². The summed E-state index contributed by atoms with van der Waals surface area (Å²) in [6, 6.07) is 26.9. The van der Waals surface area contributed by atoms with Crippen molar-refractivity contribution in [3.05, 3.63) is 112 Å². The van der Waals surface area contributed by atoms with Crippen LogP contribution in [0, 0.1) is 17.2 Å². The maximum Gasteiger partial charge on any atom is 0.434 e. The average Bonchev–Trinajstić information content (AvgIpc) is 3.39. The molecule has 0 saturated heterocycles. The zero-order valence-corrected chi connectivity index (χ0v) is 23.5. The van der Waals surface area contributed by atoms with Gasteiger partial charge in [0.05, 0.1) is 6.07 Å². The van der Waals surface area contributed by atoms with E-state index in [2.05, 4.69) is 79.5 Å². The molecular weight excluding hydrogens is 498 g/mol. The van der Waals surface area contributed by atoms with Gasteiger partial charge in [-0.15, -0.1) is 5.10 Å². The second kappa shape index (κ2) is 13.6. The Hall–Kier alpha value is -4.37. The zero-order valence-electron chi connectivity index (χ0n) is 23.5. The van der Waals surface area contributed by atoms with Gasteiger partial charge in [-0.3, -0.25) is 0 Å². The molecule has 4 aromatic rings. The molecule has 0 aliphatic rings. The molecule has 0 bridgehead atoms. The Morgan fingerprint density at radius 1 is 1.00 bits per heavy atom. The molecule has 3 aromatic carbocycles. The first-order valence-corrected chi connectivity index (χ1v) is 13.8. The fraction of sp³-hybridized carbons (Fsp3) is 0.324. The van der Waals surface area contributed by atoms with Gasteiger partial charge >= 0.3 is 5.76 Å². The Morgan fingerprint density at radius 3 is 2.40 bits per heavy atom. The Morgan fingerprint density at radius 2 is 1.73 bits per heavy atom. The van der Waals surface area contributed by atoms with Gasteiger partial charge in [-0.2, -0.15) is 5.26 Å². The van der Waals surface area contributed by atoms with E-state index in [9.17, 15) is 4.79 Å². The molecule has 0 aliphatic carbocycles. The number of rotatable bonds is 12.